The van der Waals surface area contributed by atoms with Crippen LogP contribution in [0.5, 0.6) is 0 Å². The zero-order valence-corrected chi connectivity index (χ0v) is 11.7. The Kier molecular flexibility index (Phi) is 4.64. The predicted octanol–water partition coefficient (Wildman–Crippen LogP) is 4.28. The number of urea groups is 1. The minimum absolute atomic E-state index is 0.0171. The van der Waals surface area contributed by atoms with E-state index in [1.807, 2.05) is 4.90 Å². The maximum absolute atomic E-state index is 13.1. The van der Waals surface area contributed by atoms with E-state index in [2.05, 4.69) is 12.2 Å². The number of amides is 2. The van der Waals surface area contributed by atoms with Gasteiger partial charge in [-0.05, 0) is 43.9 Å². The monoisotopic (exact) mass is 284 g/mol. The van der Waals surface area contributed by atoms with Crippen molar-refractivity contribution in [3.63, 3.8) is 0 Å². The van der Waals surface area contributed by atoms with Gasteiger partial charge in [-0.2, -0.15) is 0 Å². The third kappa shape index (κ3) is 3.38. The maximum atomic E-state index is 13.1. The molecule has 5 heteroatoms. The molecule has 2 rings (SSSR count). The molecule has 0 aliphatic carbocycles. The predicted molar refractivity (Wildman–Crippen MR) is 75.1 cm³/mol. The first-order valence-electron chi connectivity index (χ1n) is 6.64. The number of hydrogen-bond donors (Lipinski definition) is 1. The highest BCUT2D eigenvalue weighted by Crippen LogP contribution is 2.23. The van der Waals surface area contributed by atoms with Gasteiger partial charge in [0.05, 0.1) is 5.02 Å². The summed E-state index contributed by atoms with van der Waals surface area (Å²) in [5.41, 5.74) is 0.525. The van der Waals surface area contributed by atoms with E-state index >= 15 is 0 Å². The van der Waals surface area contributed by atoms with Gasteiger partial charge in [0.25, 0.3) is 0 Å². The average molecular weight is 285 g/mol. The molecule has 0 bridgehead atoms. The molecule has 1 aliphatic rings. The summed E-state index contributed by atoms with van der Waals surface area (Å²) in [4.78, 5) is 14.1. The number of nitrogens with one attached hydrogen (secondary N) is 1. The fourth-order valence-corrected chi connectivity index (χ4v) is 2.64. The van der Waals surface area contributed by atoms with Gasteiger partial charge in [-0.15, -0.1) is 0 Å². The molecule has 1 aliphatic heterocycles. The van der Waals surface area contributed by atoms with Crippen LogP contribution in [0, 0.1) is 5.82 Å². The van der Waals surface area contributed by atoms with Crippen LogP contribution in [0.2, 0.25) is 5.02 Å². The van der Waals surface area contributed by atoms with Crippen molar-refractivity contribution in [2.75, 3.05) is 11.9 Å². The van der Waals surface area contributed by atoms with Gasteiger partial charge in [-0.3, -0.25) is 0 Å². The van der Waals surface area contributed by atoms with Crippen molar-refractivity contribution in [1.82, 2.24) is 4.90 Å². The van der Waals surface area contributed by atoms with Crippen LogP contribution in [-0.4, -0.2) is 23.5 Å². The van der Waals surface area contributed by atoms with Crippen molar-refractivity contribution >= 4 is 23.3 Å². The zero-order chi connectivity index (χ0) is 13.8. The highest BCUT2D eigenvalue weighted by atomic mass is 35.5. The number of anilines is 1. The first-order chi connectivity index (χ1) is 9.11. The number of carbonyl (C=O) groups excluding carboxylic acids is 1. The molecule has 1 fully saturated rings. The number of likely N-dealkylation sites (tertiary alicyclic amines) is 1. The van der Waals surface area contributed by atoms with Gasteiger partial charge in [0.2, 0.25) is 0 Å². The van der Waals surface area contributed by atoms with Gasteiger partial charge in [0, 0.05) is 18.3 Å². The molecule has 1 aromatic carbocycles. The van der Waals surface area contributed by atoms with Crippen molar-refractivity contribution < 1.29 is 9.18 Å². The summed E-state index contributed by atoms with van der Waals surface area (Å²) in [5.74, 6) is -0.482. The molecule has 2 amide bonds. The van der Waals surface area contributed by atoms with Crippen LogP contribution in [0.4, 0.5) is 14.9 Å². The molecular weight excluding hydrogens is 267 g/mol. The standard InChI is InChI=1S/C14H18ClFN2O/c1-2-11-5-3-4-8-18(11)14(19)17-10-6-7-13(16)12(15)9-10/h6-7,9,11H,2-5,8H2,1H3,(H,17,19). The number of benzene rings is 1. The Balaban J connectivity index is 2.05. The van der Waals surface area contributed by atoms with Gasteiger partial charge in [-0.1, -0.05) is 18.5 Å². The molecule has 0 aromatic heterocycles. The van der Waals surface area contributed by atoms with Gasteiger partial charge >= 0.3 is 6.03 Å². The average Bonchev–Trinajstić information content (AvgIpc) is 2.43. The summed E-state index contributed by atoms with van der Waals surface area (Å²) >= 11 is 5.70. The zero-order valence-electron chi connectivity index (χ0n) is 11.0. The smallest absolute Gasteiger partial charge is 0.322 e. The van der Waals surface area contributed by atoms with Gasteiger partial charge in [0.1, 0.15) is 5.82 Å². The highest BCUT2D eigenvalue weighted by Gasteiger charge is 2.25. The van der Waals surface area contributed by atoms with E-state index in [-0.39, 0.29) is 11.1 Å². The van der Waals surface area contributed by atoms with Crippen molar-refractivity contribution in [1.29, 1.82) is 0 Å². The molecule has 19 heavy (non-hydrogen) atoms. The second kappa shape index (κ2) is 6.24. The SMILES string of the molecule is CCC1CCCCN1C(=O)Nc1ccc(F)c(Cl)c1. The summed E-state index contributed by atoms with van der Waals surface area (Å²) in [6.45, 7) is 2.87. The van der Waals surface area contributed by atoms with Crippen molar-refractivity contribution in [2.24, 2.45) is 0 Å². The molecule has 1 unspecified atom stereocenters. The van der Waals surface area contributed by atoms with E-state index in [4.69, 9.17) is 11.6 Å². The number of rotatable bonds is 2. The fourth-order valence-electron chi connectivity index (χ4n) is 2.46. The fraction of sp³-hybridized carbons (Fsp3) is 0.500. The molecular formula is C14H18ClFN2O. The summed E-state index contributed by atoms with van der Waals surface area (Å²) in [6.07, 6.45) is 4.21. The Hall–Kier alpha value is -1.29. The molecule has 1 N–H and O–H groups in total. The quantitative estimate of drug-likeness (QED) is 0.864. The maximum Gasteiger partial charge on any atom is 0.322 e. The van der Waals surface area contributed by atoms with Gasteiger partial charge in [-0.25, -0.2) is 9.18 Å². The molecule has 1 saturated heterocycles. The third-order valence-electron chi connectivity index (χ3n) is 3.53. The van der Waals surface area contributed by atoms with Gasteiger partial charge < -0.3 is 10.2 Å². The van der Waals surface area contributed by atoms with E-state index in [1.54, 1.807) is 0 Å². The van der Waals surface area contributed by atoms with Crippen LogP contribution in [0.3, 0.4) is 0 Å². The Morgan fingerprint density at radius 2 is 2.32 bits per heavy atom. The lowest BCUT2D eigenvalue weighted by atomic mass is 10.0. The summed E-state index contributed by atoms with van der Waals surface area (Å²) in [7, 11) is 0. The molecule has 1 heterocycles. The second-order valence-electron chi connectivity index (χ2n) is 4.81. The van der Waals surface area contributed by atoms with E-state index in [1.165, 1.54) is 24.6 Å². The summed E-state index contributed by atoms with van der Waals surface area (Å²) < 4.78 is 13.1. The first kappa shape index (κ1) is 14.1. The number of piperidine rings is 1. The molecule has 0 saturated carbocycles. The van der Waals surface area contributed by atoms with Crippen LogP contribution in [0.15, 0.2) is 18.2 Å². The first-order valence-corrected chi connectivity index (χ1v) is 7.02. The van der Waals surface area contributed by atoms with Crippen LogP contribution in [-0.2, 0) is 0 Å². The third-order valence-corrected chi connectivity index (χ3v) is 3.82. The normalized spacial score (nSPS) is 19.3. The lowest BCUT2D eigenvalue weighted by Crippen LogP contribution is -2.45. The Morgan fingerprint density at radius 1 is 1.53 bits per heavy atom. The van der Waals surface area contributed by atoms with Crippen LogP contribution < -0.4 is 5.32 Å². The highest BCUT2D eigenvalue weighted by molar-refractivity contribution is 6.31. The second-order valence-corrected chi connectivity index (χ2v) is 5.22. The lowest BCUT2D eigenvalue weighted by Gasteiger charge is -2.35. The molecule has 104 valence electrons. The summed E-state index contributed by atoms with van der Waals surface area (Å²) in [6, 6.07) is 4.37. The Labute approximate surface area is 117 Å². The van der Waals surface area contributed by atoms with Crippen molar-refractivity contribution in [3.05, 3.63) is 29.0 Å². The number of halogens is 2. The minimum Gasteiger partial charge on any atom is -0.322 e. The van der Waals surface area contributed by atoms with Gasteiger partial charge in [0.15, 0.2) is 0 Å². The number of nitrogens with zero attached hydrogens (tertiary/aromatic N) is 1. The van der Waals surface area contributed by atoms with E-state index < -0.39 is 5.82 Å². The van der Waals surface area contributed by atoms with Crippen LogP contribution in [0.1, 0.15) is 32.6 Å². The van der Waals surface area contributed by atoms with Crippen molar-refractivity contribution in [3.8, 4) is 0 Å². The lowest BCUT2D eigenvalue weighted by molar-refractivity contribution is 0.160. The number of carbonyl (C=O) groups is 1. The van der Waals surface area contributed by atoms with E-state index in [0.717, 1.165) is 25.8 Å². The molecule has 0 radical (unpaired) electrons. The summed E-state index contributed by atoms with van der Waals surface area (Å²) in [5, 5.41) is 2.80. The van der Waals surface area contributed by atoms with Crippen LogP contribution in [0.25, 0.3) is 0 Å². The van der Waals surface area contributed by atoms with E-state index in [0.29, 0.717) is 11.7 Å². The minimum atomic E-state index is -0.482. The van der Waals surface area contributed by atoms with Crippen molar-refractivity contribution in [2.45, 2.75) is 38.6 Å². The number of hydrogen-bond acceptors (Lipinski definition) is 1. The largest absolute Gasteiger partial charge is 0.322 e. The Bertz CT molecular complexity index is 467. The molecule has 1 aromatic rings. The Morgan fingerprint density at radius 3 is 3.00 bits per heavy atom. The molecule has 1 atom stereocenters. The topological polar surface area (TPSA) is 32.3 Å². The van der Waals surface area contributed by atoms with Crippen LogP contribution >= 0.6 is 11.6 Å². The molecule has 3 nitrogen and oxygen atoms in total. The molecule has 0 spiro atoms. The van der Waals surface area contributed by atoms with E-state index in [9.17, 15) is 9.18 Å².